The van der Waals surface area contributed by atoms with Crippen molar-refractivity contribution in [2.24, 2.45) is 5.73 Å². The molecule has 2 aliphatic rings. The molecule has 1 unspecified atom stereocenters. The number of nitrogens with two attached hydrogens (primary N) is 1. The van der Waals surface area contributed by atoms with Gasteiger partial charge in [0.1, 0.15) is 17.5 Å². The van der Waals surface area contributed by atoms with Crippen molar-refractivity contribution in [3.05, 3.63) is 21.9 Å². The third kappa shape index (κ3) is 2.70. The Bertz CT molecular complexity index is 703. The summed E-state index contributed by atoms with van der Waals surface area (Å²) in [5.74, 6) is -1.60. The first kappa shape index (κ1) is 17.2. The van der Waals surface area contributed by atoms with Crippen molar-refractivity contribution in [2.75, 3.05) is 0 Å². The monoisotopic (exact) mass is 369 g/mol. The van der Waals surface area contributed by atoms with Crippen molar-refractivity contribution in [1.29, 1.82) is 0 Å². The van der Waals surface area contributed by atoms with Crippen molar-refractivity contribution >= 4 is 40.9 Å². The number of thioether (sulfide) groups is 1. The Balaban J connectivity index is 1.67. The molecule has 2 aliphatic heterocycles. The number of hydrogen-bond acceptors (Lipinski definition) is 6. The maximum absolute atomic E-state index is 12.3. The lowest BCUT2D eigenvalue weighted by Gasteiger charge is -2.43. The van der Waals surface area contributed by atoms with Gasteiger partial charge in [0, 0.05) is 16.2 Å². The van der Waals surface area contributed by atoms with Crippen LogP contribution in [0.2, 0.25) is 0 Å². The zero-order valence-corrected chi connectivity index (χ0v) is 14.9. The molecule has 3 rings (SSSR count). The van der Waals surface area contributed by atoms with Gasteiger partial charge in [-0.25, -0.2) is 4.79 Å². The van der Waals surface area contributed by atoms with Crippen LogP contribution in [0.4, 0.5) is 0 Å². The van der Waals surface area contributed by atoms with Crippen LogP contribution in [0.15, 0.2) is 11.4 Å². The highest BCUT2D eigenvalue weighted by atomic mass is 32.2. The van der Waals surface area contributed by atoms with Crippen LogP contribution >= 0.6 is 23.1 Å². The summed E-state index contributed by atoms with van der Waals surface area (Å²) in [7, 11) is 0. The molecule has 1 aromatic rings. The van der Waals surface area contributed by atoms with E-state index in [1.807, 2.05) is 11.4 Å². The van der Waals surface area contributed by atoms with Crippen molar-refractivity contribution in [2.45, 2.75) is 49.0 Å². The molecule has 0 spiro atoms. The fraction of sp³-hybridized carbons (Fsp3) is 0.533. The van der Waals surface area contributed by atoms with E-state index in [4.69, 9.17) is 5.73 Å². The van der Waals surface area contributed by atoms with E-state index < -0.39 is 22.8 Å². The predicted molar refractivity (Wildman–Crippen MR) is 91.6 cm³/mol. The molecule has 130 valence electrons. The van der Waals surface area contributed by atoms with Crippen LogP contribution in [0.1, 0.15) is 24.3 Å². The molecule has 7 nitrogen and oxygen atoms in total. The van der Waals surface area contributed by atoms with Gasteiger partial charge < -0.3 is 21.1 Å². The molecule has 2 fully saturated rings. The predicted octanol–water partition coefficient (Wildman–Crippen LogP) is 0.381. The Morgan fingerprint density at radius 1 is 1.46 bits per heavy atom. The van der Waals surface area contributed by atoms with Crippen molar-refractivity contribution < 1.29 is 19.5 Å². The first-order valence-electron chi connectivity index (χ1n) is 7.53. The Hall–Kier alpha value is -1.58. The van der Waals surface area contributed by atoms with Crippen LogP contribution in [0.5, 0.6) is 0 Å². The summed E-state index contributed by atoms with van der Waals surface area (Å²) in [4.78, 5) is 38.4. The Morgan fingerprint density at radius 2 is 2.17 bits per heavy atom. The van der Waals surface area contributed by atoms with Crippen LogP contribution < -0.4 is 11.1 Å². The fourth-order valence-electron chi connectivity index (χ4n) is 3.25. The van der Waals surface area contributed by atoms with Gasteiger partial charge in [-0.1, -0.05) is 0 Å². The van der Waals surface area contributed by atoms with Crippen LogP contribution in [0.3, 0.4) is 0 Å². The molecule has 9 heteroatoms. The van der Waals surface area contributed by atoms with Gasteiger partial charge in [0.05, 0.1) is 6.42 Å². The average molecular weight is 369 g/mol. The van der Waals surface area contributed by atoms with Gasteiger partial charge in [0.2, 0.25) is 11.8 Å². The molecule has 0 aliphatic carbocycles. The number of amides is 2. The lowest BCUT2D eigenvalue weighted by atomic mass is 9.96. The van der Waals surface area contributed by atoms with Crippen LogP contribution in [0, 0.1) is 0 Å². The summed E-state index contributed by atoms with van der Waals surface area (Å²) in [5.41, 5.74) is 6.50. The summed E-state index contributed by atoms with van der Waals surface area (Å²) in [5, 5.41) is 13.7. The second-order valence-corrected chi connectivity index (χ2v) is 9.16. The summed E-state index contributed by atoms with van der Waals surface area (Å²) < 4.78 is -0.592. The minimum atomic E-state index is -1.01. The normalized spacial score (nSPS) is 27.5. The minimum absolute atomic E-state index is 0.170. The third-order valence-corrected chi connectivity index (χ3v) is 6.92. The van der Waals surface area contributed by atoms with E-state index >= 15 is 0 Å². The Labute approximate surface area is 147 Å². The number of aliphatic carboxylic acids is 1. The Morgan fingerprint density at radius 3 is 2.79 bits per heavy atom. The second-order valence-electron chi connectivity index (χ2n) is 6.39. The van der Waals surface area contributed by atoms with Crippen molar-refractivity contribution in [3.63, 3.8) is 0 Å². The Kier molecular flexibility index (Phi) is 4.35. The number of carboxylic acids is 1. The number of hydrogen-bond donors (Lipinski definition) is 3. The highest BCUT2D eigenvalue weighted by Crippen LogP contribution is 2.50. The average Bonchev–Trinajstić information content (AvgIpc) is 3.04. The largest absolute Gasteiger partial charge is 0.480 e. The van der Waals surface area contributed by atoms with Gasteiger partial charge in [0.25, 0.3) is 0 Å². The topological polar surface area (TPSA) is 113 Å². The first-order valence-corrected chi connectivity index (χ1v) is 9.29. The van der Waals surface area contributed by atoms with E-state index in [1.165, 1.54) is 28.0 Å². The molecule has 0 aromatic carbocycles. The molecule has 2 saturated heterocycles. The van der Waals surface area contributed by atoms with Gasteiger partial charge >= 0.3 is 5.97 Å². The van der Waals surface area contributed by atoms with E-state index in [9.17, 15) is 19.5 Å². The zero-order valence-electron chi connectivity index (χ0n) is 13.3. The minimum Gasteiger partial charge on any atom is -0.480 e. The van der Waals surface area contributed by atoms with Gasteiger partial charge in [-0.3, -0.25) is 9.59 Å². The van der Waals surface area contributed by atoms with Crippen molar-refractivity contribution in [1.82, 2.24) is 10.2 Å². The van der Waals surface area contributed by atoms with E-state index in [0.29, 0.717) is 6.54 Å². The van der Waals surface area contributed by atoms with E-state index in [2.05, 4.69) is 5.32 Å². The molecule has 24 heavy (non-hydrogen) atoms. The molecule has 3 heterocycles. The molecule has 0 bridgehead atoms. The highest BCUT2D eigenvalue weighted by molar-refractivity contribution is 8.01. The molecule has 3 atom stereocenters. The first-order chi connectivity index (χ1) is 11.3. The fourth-order valence-corrected chi connectivity index (χ4v) is 5.66. The quantitative estimate of drug-likeness (QED) is 0.647. The number of β-lactam (4-membered cyclic amide) rings is 1. The number of fused-ring (bicyclic) bond motifs is 1. The number of thiophene rings is 1. The third-order valence-electron chi connectivity index (χ3n) is 4.37. The lowest BCUT2D eigenvalue weighted by molar-refractivity contribution is -0.161. The molecule has 4 N–H and O–H groups in total. The smallest absolute Gasteiger partial charge is 0.327 e. The molecular formula is C15H19N3O4S2. The zero-order chi connectivity index (χ0) is 17.6. The maximum atomic E-state index is 12.3. The number of carboxylic acid groups (broad SMARTS) is 1. The molecule has 0 saturated carbocycles. The van der Waals surface area contributed by atoms with Crippen molar-refractivity contribution in [3.8, 4) is 0 Å². The van der Waals surface area contributed by atoms with Crippen LogP contribution in [0.25, 0.3) is 0 Å². The lowest BCUT2D eigenvalue weighted by Crippen LogP contribution is -2.70. The van der Waals surface area contributed by atoms with Gasteiger partial charge in [-0.2, -0.15) is 0 Å². The number of carbonyl (C=O) groups is 3. The van der Waals surface area contributed by atoms with E-state index in [-0.39, 0.29) is 23.6 Å². The van der Waals surface area contributed by atoms with Gasteiger partial charge in [-0.15, -0.1) is 23.1 Å². The summed E-state index contributed by atoms with van der Waals surface area (Å²) >= 11 is 2.91. The number of rotatable bonds is 5. The SMILES string of the molecule is CC1(C)S[C@@H]2C(NC(=O)Cc3ccsc3CN)C(=O)N2[C@H]1C(=O)O. The molecular weight excluding hydrogens is 350 g/mol. The summed E-state index contributed by atoms with van der Waals surface area (Å²) in [6.07, 6.45) is 0.170. The maximum Gasteiger partial charge on any atom is 0.327 e. The summed E-state index contributed by atoms with van der Waals surface area (Å²) in [6, 6.07) is 0.329. The van der Waals surface area contributed by atoms with E-state index in [1.54, 1.807) is 13.8 Å². The van der Waals surface area contributed by atoms with E-state index in [0.717, 1.165) is 10.4 Å². The molecule has 2 amide bonds. The number of nitrogens with zero attached hydrogens (tertiary/aromatic N) is 1. The number of carbonyl (C=O) groups excluding carboxylic acids is 2. The van der Waals surface area contributed by atoms with Crippen LogP contribution in [-0.4, -0.2) is 50.0 Å². The van der Waals surface area contributed by atoms with Crippen LogP contribution in [-0.2, 0) is 27.3 Å². The second kappa shape index (κ2) is 6.05. The highest BCUT2D eigenvalue weighted by Gasteiger charge is 2.64. The summed E-state index contributed by atoms with van der Waals surface area (Å²) in [6.45, 7) is 3.99. The standard InChI is InChI=1S/C15H19N3O4S2/c1-15(2)11(14(21)22)18-12(20)10(13(18)24-15)17-9(19)5-7-3-4-23-8(7)6-16/h3-4,10-11,13H,5-6,16H2,1-2H3,(H,17,19)(H,21,22)/t10?,11-,13+/m0/s1. The number of nitrogens with one attached hydrogen (secondary N) is 1. The molecule has 0 radical (unpaired) electrons. The van der Waals surface area contributed by atoms with Gasteiger partial charge in [-0.05, 0) is 30.9 Å². The molecule has 1 aromatic heterocycles. The van der Waals surface area contributed by atoms with Gasteiger partial charge in [0.15, 0.2) is 0 Å².